The number of hydrogen-bond acceptors (Lipinski definition) is 4. The van der Waals surface area contributed by atoms with E-state index in [4.69, 9.17) is 9.15 Å². The Hall–Kier alpha value is -3.28. The van der Waals surface area contributed by atoms with Gasteiger partial charge in [0.05, 0.1) is 12.5 Å². The van der Waals surface area contributed by atoms with Crippen LogP contribution < -0.4 is 15.4 Å². The summed E-state index contributed by atoms with van der Waals surface area (Å²) in [4.78, 5) is 24.2. The van der Waals surface area contributed by atoms with Crippen LogP contribution in [0.3, 0.4) is 0 Å². The minimum absolute atomic E-state index is 0.0871. The Balaban J connectivity index is 1.92. The zero-order valence-corrected chi connectivity index (χ0v) is 13.3. The van der Waals surface area contributed by atoms with Crippen molar-refractivity contribution in [3.8, 4) is 5.75 Å². The summed E-state index contributed by atoms with van der Waals surface area (Å²) in [5.74, 6) is -0.209. The van der Waals surface area contributed by atoms with E-state index in [9.17, 15) is 9.59 Å². The highest BCUT2D eigenvalue weighted by Crippen LogP contribution is 2.33. The van der Waals surface area contributed by atoms with Gasteiger partial charge >= 0.3 is 0 Å². The number of methoxy groups -OCH3 is 1. The SMILES string of the molecule is CNC(=O)c1cccc(NC(=O)c2oc3ccccc3c2OC)c1. The Morgan fingerprint density at radius 2 is 1.83 bits per heavy atom. The van der Waals surface area contributed by atoms with Gasteiger partial charge in [-0.1, -0.05) is 18.2 Å². The van der Waals surface area contributed by atoms with E-state index in [0.717, 1.165) is 5.39 Å². The van der Waals surface area contributed by atoms with E-state index in [2.05, 4.69) is 10.6 Å². The van der Waals surface area contributed by atoms with Crippen LogP contribution in [0.2, 0.25) is 0 Å². The molecule has 0 unspecified atom stereocenters. The predicted molar refractivity (Wildman–Crippen MR) is 90.6 cm³/mol. The maximum atomic E-state index is 12.5. The number of rotatable bonds is 4. The summed E-state index contributed by atoms with van der Waals surface area (Å²) in [7, 11) is 3.03. The van der Waals surface area contributed by atoms with Gasteiger partial charge in [0.1, 0.15) is 5.58 Å². The van der Waals surface area contributed by atoms with Crippen LogP contribution in [-0.2, 0) is 0 Å². The maximum Gasteiger partial charge on any atom is 0.295 e. The number of ether oxygens (including phenoxy) is 1. The number of benzene rings is 2. The van der Waals surface area contributed by atoms with Gasteiger partial charge in [-0.3, -0.25) is 9.59 Å². The van der Waals surface area contributed by atoms with Gasteiger partial charge in [-0.2, -0.15) is 0 Å². The Labute approximate surface area is 138 Å². The van der Waals surface area contributed by atoms with E-state index in [-0.39, 0.29) is 11.7 Å². The lowest BCUT2D eigenvalue weighted by Gasteiger charge is -2.06. The van der Waals surface area contributed by atoms with Crippen molar-refractivity contribution in [2.75, 3.05) is 19.5 Å². The van der Waals surface area contributed by atoms with Crippen molar-refractivity contribution < 1.29 is 18.7 Å². The third-order valence-electron chi connectivity index (χ3n) is 3.57. The van der Waals surface area contributed by atoms with Crippen molar-refractivity contribution >= 4 is 28.5 Å². The van der Waals surface area contributed by atoms with Gasteiger partial charge in [0.15, 0.2) is 5.75 Å². The number of amides is 2. The fraction of sp³-hybridized carbons (Fsp3) is 0.111. The normalized spacial score (nSPS) is 10.4. The molecule has 2 N–H and O–H groups in total. The van der Waals surface area contributed by atoms with Crippen LogP contribution in [0.15, 0.2) is 52.9 Å². The molecule has 1 heterocycles. The molecule has 0 aliphatic rings. The molecule has 0 saturated carbocycles. The van der Waals surface area contributed by atoms with E-state index in [1.165, 1.54) is 7.11 Å². The van der Waals surface area contributed by atoms with Crippen LogP contribution in [0.4, 0.5) is 5.69 Å². The highest BCUT2D eigenvalue weighted by Gasteiger charge is 2.21. The lowest BCUT2D eigenvalue weighted by Crippen LogP contribution is -2.18. The van der Waals surface area contributed by atoms with Crippen LogP contribution in [0.5, 0.6) is 5.75 Å². The molecule has 122 valence electrons. The minimum Gasteiger partial charge on any atom is -0.492 e. The number of carbonyl (C=O) groups excluding carboxylic acids is 2. The van der Waals surface area contributed by atoms with Gasteiger partial charge in [-0.05, 0) is 30.3 Å². The second kappa shape index (κ2) is 6.45. The summed E-state index contributed by atoms with van der Waals surface area (Å²) in [5.41, 5.74) is 1.51. The van der Waals surface area contributed by atoms with Crippen molar-refractivity contribution in [1.29, 1.82) is 0 Å². The molecule has 0 aliphatic carbocycles. The number of carbonyl (C=O) groups is 2. The first-order valence-electron chi connectivity index (χ1n) is 7.33. The molecule has 0 bridgehead atoms. The monoisotopic (exact) mass is 324 g/mol. The van der Waals surface area contributed by atoms with Gasteiger partial charge in [-0.15, -0.1) is 0 Å². The van der Waals surface area contributed by atoms with Crippen molar-refractivity contribution in [3.63, 3.8) is 0 Å². The zero-order valence-electron chi connectivity index (χ0n) is 13.3. The first-order valence-corrected chi connectivity index (χ1v) is 7.33. The number of para-hydroxylation sites is 1. The smallest absolute Gasteiger partial charge is 0.295 e. The fourth-order valence-electron chi connectivity index (χ4n) is 2.44. The molecule has 0 spiro atoms. The van der Waals surface area contributed by atoms with Crippen molar-refractivity contribution in [2.24, 2.45) is 0 Å². The minimum atomic E-state index is -0.447. The molecule has 2 aromatic carbocycles. The highest BCUT2D eigenvalue weighted by molar-refractivity contribution is 6.08. The van der Waals surface area contributed by atoms with Gasteiger partial charge < -0.3 is 19.8 Å². The lowest BCUT2D eigenvalue weighted by atomic mass is 10.2. The molecular formula is C18H16N2O4. The number of hydrogen-bond donors (Lipinski definition) is 2. The van der Waals surface area contributed by atoms with Crippen LogP contribution in [0.25, 0.3) is 11.0 Å². The molecule has 24 heavy (non-hydrogen) atoms. The lowest BCUT2D eigenvalue weighted by molar-refractivity contribution is 0.0960. The van der Waals surface area contributed by atoms with Gasteiger partial charge in [0.2, 0.25) is 5.76 Å². The van der Waals surface area contributed by atoms with Crippen molar-refractivity contribution in [3.05, 3.63) is 59.9 Å². The Kier molecular flexibility index (Phi) is 4.20. The molecule has 6 heteroatoms. The second-order valence-electron chi connectivity index (χ2n) is 5.07. The van der Waals surface area contributed by atoms with Crippen molar-refractivity contribution in [1.82, 2.24) is 5.32 Å². The average molecular weight is 324 g/mol. The van der Waals surface area contributed by atoms with E-state index in [0.29, 0.717) is 22.6 Å². The summed E-state index contributed by atoms with van der Waals surface area (Å²) in [6, 6.07) is 13.9. The first kappa shape index (κ1) is 15.6. The maximum absolute atomic E-state index is 12.5. The molecule has 6 nitrogen and oxygen atoms in total. The third kappa shape index (κ3) is 2.81. The largest absolute Gasteiger partial charge is 0.492 e. The number of furan rings is 1. The molecular weight excluding hydrogens is 308 g/mol. The average Bonchev–Trinajstić information content (AvgIpc) is 3.00. The predicted octanol–water partition coefficient (Wildman–Crippen LogP) is 3.05. The molecule has 3 rings (SSSR count). The summed E-state index contributed by atoms with van der Waals surface area (Å²) < 4.78 is 10.9. The van der Waals surface area contributed by atoms with E-state index < -0.39 is 5.91 Å². The summed E-state index contributed by atoms with van der Waals surface area (Å²) in [5, 5.41) is 5.99. The van der Waals surface area contributed by atoms with Crippen LogP contribution in [0, 0.1) is 0 Å². The molecule has 3 aromatic rings. The summed E-state index contributed by atoms with van der Waals surface area (Å²) >= 11 is 0. The van der Waals surface area contributed by atoms with Crippen molar-refractivity contribution in [2.45, 2.75) is 0 Å². The van der Waals surface area contributed by atoms with Gasteiger partial charge in [-0.25, -0.2) is 0 Å². The van der Waals surface area contributed by atoms with Gasteiger partial charge in [0.25, 0.3) is 11.8 Å². The van der Waals surface area contributed by atoms with E-state index >= 15 is 0 Å². The van der Waals surface area contributed by atoms with Gasteiger partial charge in [0, 0.05) is 18.3 Å². The Bertz CT molecular complexity index is 914. The van der Waals surface area contributed by atoms with E-state index in [1.54, 1.807) is 37.4 Å². The number of nitrogens with one attached hydrogen (secondary N) is 2. The summed E-state index contributed by atoms with van der Waals surface area (Å²) in [6.07, 6.45) is 0. The first-order chi connectivity index (χ1) is 11.6. The number of anilines is 1. The third-order valence-corrected chi connectivity index (χ3v) is 3.57. The highest BCUT2D eigenvalue weighted by atomic mass is 16.5. The standard InChI is InChI=1S/C18H16N2O4/c1-19-17(21)11-6-5-7-12(10-11)20-18(22)16-15(23-2)13-8-3-4-9-14(13)24-16/h3-10H,1-2H3,(H,19,21)(H,20,22). The van der Waals surface area contributed by atoms with Crippen LogP contribution in [0.1, 0.15) is 20.9 Å². The fourth-order valence-corrected chi connectivity index (χ4v) is 2.44. The molecule has 1 aromatic heterocycles. The molecule has 0 atom stereocenters. The topological polar surface area (TPSA) is 80.6 Å². The quantitative estimate of drug-likeness (QED) is 0.773. The van der Waals surface area contributed by atoms with Crippen LogP contribution in [-0.4, -0.2) is 26.0 Å². The molecule has 2 amide bonds. The Morgan fingerprint density at radius 3 is 2.58 bits per heavy atom. The van der Waals surface area contributed by atoms with Crippen LogP contribution >= 0.6 is 0 Å². The second-order valence-corrected chi connectivity index (χ2v) is 5.07. The zero-order chi connectivity index (χ0) is 17.1. The molecule has 0 fully saturated rings. The molecule has 0 radical (unpaired) electrons. The Morgan fingerprint density at radius 1 is 1.04 bits per heavy atom. The molecule has 0 aliphatic heterocycles. The number of fused-ring (bicyclic) bond motifs is 1. The van der Waals surface area contributed by atoms with E-state index in [1.807, 2.05) is 18.2 Å². The summed E-state index contributed by atoms with van der Waals surface area (Å²) in [6.45, 7) is 0. The molecule has 0 saturated heterocycles.